The lowest BCUT2D eigenvalue weighted by molar-refractivity contribution is 0.576. The first-order valence-corrected chi connectivity index (χ1v) is 5.82. The molecule has 0 bridgehead atoms. The maximum atomic E-state index is 5.38. The molecule has 3 aromatic rings. The number of hydrogen-bond acceptors (Lipinski definition) is 3. The fourth-order valence-corrected chi connectivity index (χ4v) is 2.22. The Balaban J connectivity index is 2.17. The van der Waals surface area contributed by atoms with Gasteiger partial charge in [0, 0.05) is 13.2 Å². The van der Waals surface area contributed by atoms with Gasteiger partial charge in [-0.2, -0.15) is 10.2 Å². The van der Waals surface area contributed by atoms with Crippen molar-refractivity contribution in [1.82, 2.24) is 19.6 Å². The first-order chi connectivity index (χ1) is 8.25. The molecule has 0 aliphatic heterocycles. The fourth-order valence-electron chi connectivity index (χ4n) is 1.67. The number of nitrogens with zero attached hydrogens (tertiary/aromatic N) is 4. The molecule has 86 valence electrons. The molecule has 0 saturated carbocycles. The molecule has 0 aromatic carbocycles. The quantitative estimate of drug-likeness (QED) is 0.729. The number of rotatable bonds is 2. The van der Waals surface area contributed by atoms with Crippen LogP contribution in [0.25, 0.3) is 17.3 Å². The number of furan rings is 1. The van der Waals surface area contributed by atoms with Crippen molar-refractivity contribution < 1.29 is 4.42 Å². The number of aryl methyl sites for hydroxylation is 1. The third-order valence-electron chi connectivity index (χ3n) is 2.38. The molecule has 0 radical (unpaired) electrons. The van der Waals surface area contributed by atoms with Gasteiger partial charge in [0.15, 0.2) is 11.6 Å². The molecule has 0 fully saturated rings. The molecule has 0 atom stereocenters. The largest absolute Gasteiger partial charge is 0.463 e. The van der Waals surface area contributed by atoms with E-state index in [1.807, 2.05) is 31.4 Å². The normalized spacial score (nSPS) is 10.9. The van der Waals surface area contributed by atoms with E-state index in [-0.39, 0.29) is 0 Å². The highest BCUT2D eigenvalue weighted by Gasteiger charge is 2.14. The van der Waals surface area contributed by atoms with E-state index >= 15 is 0 Å². The Morgan fingerprint density at radius 2 is 2.24 bits per heavy atom. The summed E-state index contributed by atoms with van der Waals surface area (Å²) in [4.78, 5) is 0. The Bertz CT molecular complexity index is 638. The Morgan fingerprint density at radius 1 is 1.35 bits per heavy atom. The zero-order chi connectivity index (χ0) is 11.8. The molecule has 0 aliphatic rings. The predicted molar refractivity (Wildman–Crippen MR) is 65.7 cm³/mol. The zero-order valence-electron chi connectivity index (χ0n) is 9.04. The predicted octanol–water partition coefficient (Wildman–Crippen LogP) is 2.63. The van der Waals surface area contributed by atoms with Crippen LogP contribution in [0.4, 0.5) is 0 Å². The average Bonchev–Trinajstić information content (AvgIpc) is 2.97. The second-order valence-electron chi connectivity index (χ2n) is 3.58. The summed E-state index contributed by atoms with van der Waals surface area (Å²) < 4.78 is 9.73. The minimum Gasteiger partial charge on any atom is -0.463 e. The van der Waals surface area contributed by atoms with Gasteiger partial charge >= 0.3 is 0 Å². The van der Waals surface area contributed by atoms with Crippen LogP contribution in [0.1, 0.15) is 0 Å². The summed E-state index contributed by atoms with van der Waals surface area (Å²) in [5, 5.41) is 8.62. The number of aromatic nitrogens is 4. The van der Waals surface area contributed by atoms with Crippen molar-refractivity contribution in [2.45, 2.75) is 0 Å². The summed E-state index contributed by atoms with van der Waals surface area (Å²) in [6.45, 7) is 0. The number of halogens is 1. The maximum absolute atomic E-state index is 5.38. The van der Waals surface area contributed by atoms with Gasteiger partial charge in [0.1, 0.15) is 5.69 Å². The second-order valence-corrected chi connectivity index (χ2v) is 4.43. The molecule has 3 rings (SSSR count). The first-order valence-electron chi connectivity index (χ1n) is 5.03. The fraction of sp³-hybridized carbons (Fsp3) is 0.0909. The van der Waals surface area contributed by atoms with Gasteiger partial charge in [-0.15, -0.1) is 0 Å². The van der Waals surface area contributed by atoms with E-state index in [1.165, 1.54) is 0 Å². The van der Waals surface area contributed by atoms with Crippen LogP contribution in [0, 0.1) is 0 Å². The molecule has 0 N–H and O–H groups in total. The smallest absolute Gasteiger partial charge is 0.190 e. The van der Waals surface area contributed by atoms with Gasteiger partial charge in [-0.05, 0) is 34.1 Å². The van der Waals surface area contributed by atoms with Crippen LogP contribution >= 0.6 is 15.9 Å². The van der Waals surface area contributed by atoms with Gasteiger partial charge in [0.2, 0.25) is 0 Å². The van der Waals surface area contributed by atoms with Crippen molar-refractivity contribution in [2.75, 3.05) is 0 Å². The Labute approximate surface area is 106 Å². The molecule has 0 unspecified atom stereocenters. The zero-order valence-corrected chi connectivity index (χ0v) is 10.6. The van der Waals surface area contributed by atoms with Crippen molar-refractivity contribution in [1.29, 1.82) is 0 Å². The third kappa shape index (κ3) is 1.70. The molecule has 6 heteroatoms. The van der Waals surface area contributed by atoms with Crippen molar-refractivity contribution in [3.8, 4) is 17.3 Å². The Kier molecular flexibility index (Phi) is 2.36. The maximum Gasteiger partial charge on any atom is 0.190 e. The molecule has 0 aliphatic carbocycles. The van der Waals surface area contributed by atoms with Gasteiger partial charge < -0.3 is 4.42 Å². The minimum absolute atomic E-state index is 0.740. The SMILES string of the molecule is Cn1cc(Br)c(-n2nccc2-c2ccco2)n1. The molecule has 3 aromatic heterocycles. The van der Waals surface area contributed by atoms with E-state index in [1.54, 1.807) is 21.8 Å². The summed E-state index contributed by atoms with van der Waals surface area (Å²) >= 11 is 3.46. The van der Waals surface area contributed by atoms with Crippen LogP contribution in [0.2, 0.25) is 0 Å². The molecule has 0 saturated heterocycles. The lowest BCUT2D eigenvalue weighted by Crippen LogP contribution is -2.01. The summed E-state index contributed by atoms with van der Waals surface area (Å²) in [6.07, 6.45) is 5.24. The van der Waals surface area contributed by atoms with Crippen LogP contribution in [-0.2, 0) is 7.05 Å². The van der Waals surface area contributed by atoms with E-state index in [9.17, 15) is 0 Å². The van der Waals surface area contributed by atoms with Crippen LogP contribution < -0.4 is 0 Å². The van der Waals surface area contributed by atoms with E-state index in [2.05, 4.69) is 26.1 Å². The molecule has 0 amide bonds. The van der Waals surface area contributed by atoms with Crippen molar-refractivity contribution in [3.05, 3.63) is 41.3 Å². The van der Waals surface area contributed by atoms with Crippen LogP contribution in [0.3, 0.4) is 0 Å². The monoisotopic (exact) mass is 292 g/mol. The summed E-state index contributed by atoms with van der Waals surface area (Å²) in [5.74, 6) is 1.50. The summed E-state index contributed by atoms with van der Waals surface area (Å²) in [5.41, 5.74) is 0.870. The van der Waals surface area contributed by atoms with Gasteiger partial charge in [0.05, 0.1) is 16.9 Å². The Hall–Kier alpha value is -1.82. The summed E-state index contributed by atoms with van der Waals surface area (Å²) in [7, 11) is 1.87. The molecule has 3 heterocycles. The van der Waals surface area contributed by atoms with E-state index in [4.69, 9.17) is 4.42 Å². The molecule has 5 nitrogen and oxygen atoms in total. The van der Waals surface area contributed by atoms with Crippen LogP contribution in [-0.4, -0.2) is 19.6 Å². The summed E-state index contributed by atoms with van der Waals surface area (Å²) in [6, 6.07) is 5.63. The standard InChI is InChI=1S/C11H9BrN4O/c1-15-7-8(12)11(14-15)16-9(4-5-13-16)10-3-2-6-17-10/h2-7H,1H3. The molecule has 17 heavy (non-hydrogen) atoms. The van der Waals surface area contributed by atoms with Gasteiger partial charge in [0.25, 0.3) is 0 Å². The highest BCUT2D eigenvalue weighted by molar-refractivity contribution is 9.10. The topological polar surface area (TPSA) is 48.8 Å². The van der Waals surface area contributed by atoms with Gasteiger partial charge in [-0.1, -0.05) is 0 Å². The van der Waals surface area contributed by atoms with Gasteiger partial charge in [-0.25, -0.2) is 4.68 Å². The highest BCUT2D eigenvalue weighted by Crippen LogP contribution is 2.25. The lowest BCUT2D eigenvalue weighted by atomic mass is 10.3. The van der Waals surface area contributed by atoms with Crippen molar-refractivity contribution in [2.24, 2.45) is 7.05 Å². The second kappa shape index (κ2) is 3.89. The first kappa shape index (κ1) is 10.3. The molecular weight excluding hydrogens is 284 g/mol. The highest BCUT2D eigenvalue weighted by atomic mass is 79.9. The van der Waals surface area contributed by atoms with E-state index in [0.717, 1.165) is 21.7 Å². The Morgan fingerprint density at radius 3 is 2.88 bits per heavy atom. The molecule has 0 spiro atoms. The number of hydrogen-bond donors (Lipinski definition) is 0. The minimum atomic E-state index is 0.740. The van der Waals surface area contributed by atoms with Crippen LogP contribution in [0.5, 0.6) is 0 Å². The molecular formula is C11H9BrN4O. The average molecular weight is 293 g/mol. The van der Waals surface area contributed by atoms with E-state index in [0.29, 0.717) is 0 Å². The van der Waals surface area contributed by atoms with Crippen LogP contribution in [0.15, 0.2) is 45.7 Å². The van der Waals surface area contributed by atoms with E-state index < -0.39 is 0 Å². The van der Waals surface area contributed by atoms with Gasteiger partial charge in [-0.3, -0.25) is 4.68 Å². The van der Waals surface area contributed by atoms with Crippen molar-refractivity contribution >= 4 is 15.9 Å². The third-order valence-corrected chi connectivity index (χ3v) is 2.94. The van der Waals surface area contributed by atoms with Crippen molar-refractivity contribution in [3.63, 3.8) is 0 Å². The lowest BCUT2D eigenvalue weighted by Gasteiger charge is -2.02.